The van der Waals surface area contributed by atoms with Crippen molar-refractivity contribution in [2.45, 2.75) is 31.4 Å². The van der Waals surface area contributed by atoms with Crippen LogP contribution in [0, 0.1) is 0 Å². The number of nitrogens with two attached hydrogens (primary N) is 1. The Balaban J connectivity index is 1.33. The van der Waals surface area contributed by atoms with E-state index in [0.29, 0.717) is 45.3 Å². The molecule has 0 saturated carbocycles. The lowest BCUT2D eigenvalue weighted by Gasteiger charge is -2.40. The summed E-state index contributed by atoms with van der Waals surface area (Å²) in [6.07, 6.45) is 4.70. The molecule has 2 aromatic heterocycles. The molecule has 35 heavy (non-hydrogen) atoms. The Morgan fingerprint density at radius 1 is 1.11 bits per heavy atom. The summed E-state index contributed by atoms with van der Waals surface area (Å²) in [4.78, 5) is 39.4. The quantitative estimate of drug-likeness (QED) is 0.615. The molecule has 3 fully saturated rings. The molecule has 6 heterocycles. The number of morpholine rings is 1. The zero-order chi connectivity index (χ0) is 24.2. The third kappa shape index (κ3) is 3.90. The van der Waals surface area contributed by atoms with E-state index in [4.69, 9.17) is 20.4 Å². The van der Waals surface area contributed by atoms with Gasteiger partial charge in [-0.25, -0.2) is 19.7 Å². The Morgan fingerprint density at radius 2 is 1.86 bits per heavy atom. The van der Waals surface area contributed by atoms with Crippen LogP contribution in [0.5, 0.6) is 0 Å². The number of carbonyl (C=O) groups excluding carboxylic acids is 1. The largest absolute Gasteiger partial charge is 0.389 e. The molecular weight excluding hydrogens is 450 g/mol. The average Bonchev–Trinajstić information content (AvgIpc) is 3.47. The maximum Gasteiger partial charge on any atom is 0.320 e. The summed E-state index contributed by atoms with van der Waals surface area (Å²) in [6, 6.07) is 0.00912. The van der Waals surface area contributed by atoms with Crippen LogP contribution in [0.4, 0.5) is 22.5 Å². The number of urea groups is 1. The molecule has 0 spiro atoms. The number of anilines is 3. The van der Waals surface area contributed by atoms with Gasteiger partial charge in [-0.05, 0) is 19.8 Å². The Labute approximate surface area is 203 Å². The van der Waals surface area contributed by atoms with Crippen LogP contribution in [0.1, 0.15) is 18.9 Å². The smallest absolute Gasteiger partial charge is 0.320 e. The Hall–Kier alpha value is -3.25. The number of rotatable bonds is 3. The molecule has 1 atom stereocenters. The summed E-state index contributed by atoms with van der Waals surface area (Å²) in [6.45, 7) is 7.92. The van der Waals surface area contributed by atoms with Gasteiger partial charge in [-0.15, -0.1) is 0 Å². The number of aromatic nitrogens is 4. The predicted molar refractivity (Wildman–Crippen MR) is 129 cm³/mol. The second-order valence-corrected chi connectivity index (χ2v) is 10.0. The highest BCUT2D eigenvalue weighted by molar-refractivity contribution is 5.77. The SMILES string of the molecule is C[C@]1(N2CCc3c(-c4cnc(N)nc4)nc(N4CCOCC4)nc32)CCN(C(=O)N2CC(O)C2)C1. The Kier molecular flexibility index (Phi) is 5.37. The molecular formula is C23H31N9O3. The van der Waals surface area contributed by atoms with Crippen molar-refractivity contribution in [2.24, 2.45) is 0 Å². The van der Waals surface area contributed by atoms with Gasteiger partial charge < -0.3 is 35.2 Å². The molecule has 186 valence electrons. The molecule has 2 aromatic rings. The fourth-order valence-corrected chi connectivity index (χ4v) is 5.51. The van der Waals surface area contributed by atoms with Crippen LogP contribution in [0.15, 0.2) is 12.4 Å². The molecule has 0 aromatic carbocycles. The van der Waals surface area contributed by atoms with Gasteiger partial charge in [0.25, 0.3) is 0 Å². The van der Waals surface area contributed by atoms with E-state index in [2.05, 4.69) is 26.7 Å². The highest BCUT2D eigenvalue weighted by atomic mass is 16.5. The Bertz CT molecular complexity index is 1120. The molecule has 0 unspecified atom stereocenters. The normalized spacial score (nSPS) is 24.6. The number of fused-ring (bicyclic) bond motifs is 1. The summed E-state index contributed by atoms with van der Waals surface area (Å²) in [7, 11) is 0. The van der Waals surface area contributed by atoms with Gasteiger partial charge in [-0.3, -0.25) is 0 Å². The molecule has 3 N–H and O–H groups in total. The molecule has 0 radical (unpaired) electrons. The van der Waals surface area contributed by atoms with E-state index in [9.17, 15) is 9.90 Å². The molecule has 2 amide bonds. The van der Waals surface area contributed by atoms with Crippen LogP contribution in [0.2, 0.25) is 0 Å². The van der Waals surface area contributed by atoms with E-state index >= 15 is 0 Å². The van der Waals surface area contributed by atoms with Crippen molar-refractivity contribution in [3.63, 3.8) is 0 Å². The molecule has 4 aliphatic heterocycles. The zero-order valence-electron chi connectivity index (χ0n) is 19.9. The lowest BCUT2D eigenvalue weighted by atomic mass is 9.99. The molecule has 0 bridgehead atoms. The van der Waals surface area contributed by atoms with Crippen molar-refractivity contribution in [1.82, 2.24) is 29.7 Å². The highest BCUT2D eigenvalue weighted by Crippen LogP contribution is 2.41. The van der Waals surface area contributed by atoms with E-state index in [1.54, 1.807) is 17.3 Å². The number of ether oxygens (including phenoxy) is 1. The topological polar surface area (TPSA) is 137 Å². The highest BCUT2D eigenvalue weighted by Gasteiger charge is 2.46. The lowest BCUT2D eigenvalue weighted by Crippen LogP contribution is -2.58. The predicted octanol–water partition coefficient (Wildman–Crippen LogP) is -0.0242. The maximum atomic E-state index is 12.9. The minimum absolute atomic E-state index is 0.00912. The van der Waals surface area contributed by atoms with Crippen LogP contribution in [0.25, 0.3) is 11.3 Å². The van der Waals surface area contributed by atoms with Crippen LogP contribution < -0.4 is 15.5 Å². The Morgan fingerprint density at radius 3 is 2.57 bits per heavy atom. The van der Waals surface area contributed by atoms with Crippen molar-refractivity contribution < 1.29 is 14.6 Å². The summed E-state index contributed by atoms with van der Waals surface area (Å²) >= 11 is 0. The van der Waals surface area contributed by atoms with Crippen LogP contribution >= 0.6 is 0 Å². The first-order valence-electron chi connectivity index (χ1n) is 12.2. The molecule has 4 aliphatic rings. The van der Waals surface area contributed by atoms with Crippen molar-refractivity contribution in [3.8, 4) is 11.3 Å². The second-order valence-electron chi connectivity index (χ2n) is 10.0. The second kappa shape index (κ2) is 8.45. The van der Waals surface area contributed by atoms with Crippen molar-refractivity contribution in [2.75, 3.05) is 74.6 Å². The minimum Gasteiger partial charge on any atom is -0.389 e. The van der Waals surface area contributed by atoms with Gasteiger partial charge in [0.15, 0.2) is 0 Å². The molecule has 12 nitrogen and oxygen atoms in total. The van der Waals surface area contributed by atoms with Gasteiger partial charge in [-0.2, -0.15) is 4.98 Å². The minimum atomic E-state index is -0.399. The number of hydrogen-bond acceptors (Lipinski definition) is 10. The van der Waals surface area contributed by atoms with Crippen LogP contribution in [-0.4, -0.2) is 112 Å². The van der Waals surface area contributed by atoms with Crippen molar-refractivity contribution in [3.05, 3.63) is 18.0 Å². The summed E-state index contributed by atoms with van der Waals surface area (Å²) in [5, 5.41) is 9.60. The van der Waals surface area contributed by atoms with E-state index in [1.807, 2.05) is 4.90 Å². The van der Waals surface area contributed by atoms with Gasteiger partial charge in [0.1, 0.15) is 5.82 Å². The number of aliphatic hydroxyl groups excluding tert-OH is 1. The lowest BCUT2D eigenvalue weighted by molar-refractivity contribution is 0.0166. The monoisotopic (exact) mass is 481 g/mol. The first kappa shape index (κ1) is 22.2. The number of carbonyl (C=O) groups is 1. The number of nitrogen functional groups attached to an aromatic ring is 1. The fraction of sp³-hybridized carbons (Fsp3) is 0.609. The summed E-state index contributed by atoms with van der Waals surface area (Å²) < 4.78 is 5.54. The van der Waals surface area contributed by atoms with E-state index in [-0.39, 0.29) is 17.5 Å². The average molecular weight is 482 g/mol. The first-order chi connectivity index (χ1) is 16.9. The summed E-state index contributed by atoms with van der Waals surface area (Å²) in [5.41, 5.74) is 8.22. The number of likely N-dealkylation sites (tertiary alicyclic amines) is 2. The number of amides is 2. The van der Waals surface area contributed by atoms with Gasteiger partial charge >= 0.3 is 6.03 Å². The maximum absolute atomic E-state index is 12.9. The number of β-amino-alcohol motifs (C(OH)–C–C–N with tert-alkyl or cyclic N) is 1. The van der Waals surface area contributed by atoms with Crippen LogP contribution in [0.3, 0.4) is 0 Å². The summed E-state index contributed by atoms with van der Waals surface area (Å²) in [5.74, 6) is 1.83. The zero-order valence-corrected chi connectivity index (χ0v) is 19.9. The van der Waals surface area contributed by atoms with E-state index in [0.717, 1.165) is 55.1 Å². The van der Waals surface area contributed by atoms with E-state index < -0.39 is 6.10 Å². The fourth-order valence-electron chi connectivity index (χ4n) is 5.51. The number of hydrogen-bond donors (Lipinski definition) is 2. The van der Waals surface area contributed by atoms with Gasteiger partial charge in [0, 0.05) is 56.2 Å². The molecule has 6 rings (SSSR count). The molecule has 3 saturated heterocycles. The van der Waals surface area contributed by atoms with E-state index in [1.165, 1.54) is 0 Å². The first-order valence-corrected chi connectivity index (χ1v) is 12.2. The van der Waals surface area contributed by atoms with Crippen molar-refractivity contribution in [1.29, 1.82) is 0 Å². The van der Waals surface area contributed by atoms with Gasteiger partial charge in [0.2, 0.25) is 11.9 Å². The van der Waals surface area contributed by atoms with Gasteiger partial charge in [-0.1, -0.05) is 0 Å². The number of aliphatic hydroxyl groups is 1. The third-order valence-electron chi connectivity index (χ3n) is 7.56. The molecule has 0 aliphatic carbocycles. The number of nitrogens with zero attached hydrogens (tertiary/aromatic N) is 8. The van der Waals surface area contributed by atoms with Crippen molar-refractivity contribution >= 4 is 23.7 Å². The molecule has 12 heteroatoms. The standard InChI is InChI=1S/C23H31N9O3/c1-23(3-5-30(14-23)22(34)31-12-16(33)13-31)32-4-2-17-18(15-10-25-20(24)26-11-15)27-21(28-19(17)32)29-6-8-35-9-7-29/h10-11,16,33H,2-9,12-14H2,1H3,(H2,24,25,26)/t23-/m0/s1. The third-order valence-corrected chi connectivity index (χ3v) is 7.56. The van der Waals surface area contributed by atoms with Gasteiger partial charge in [0.05, 0.1) is 43.6 Å². The van der Waals surface area contributed by atoms with Crippen LogP contribution in [-0.2, 0) is 11.2 Å².